The molecule has 0 aliphatic heterocycles. The number of hydrogen-bond donors (Lipinski definition) is 0. The van der Waals surface area contributed by atoms with Crippen molar-refractivity contribution >= 4 is 21.9 Å². The van der Waals surface area contributed by atoms with Gasteiger partial charge in [0, 0.05) is 35.1 Å². The van der Waals surface area contributed by atoms with Crippen LogP contribution in [0.4, 0.5) is 13.2 Å². The zero-order valence-corrected chi connectivity index (χ0v) is 16.7. The molecular weight excluding hydrogens is 431 g/mol. The molecule has 0 N–H and O–H groups in total. The third-order valence-corrected chi connectivity index (χ3v) is 5.17. The normalized spacial score (nSPS) is 11.6. The summed E-state index contributed by atoms with van der Waals surface area (Å²) in [6, 6.07) is 16.1. The lowest BCUT2D eigenvalue weighted by atomic mass is 10.1. The number of aromatic nitrogens is 4. The van der Waals surface area contributed by atoms with E-state index in [1.54, 1.807) is 36.5 Å². The Kier molecular flexibility index (Phi) is 4.64. The zero-order chi connectivity index (χ0) is 23.2. The second kappa shape index (κ2) is 7.53. The lowest BCUT2D eigenvalue weighted by molar-refractivity contribution is -0.137. The van der Waals surface area contributed by atoms with Gasteiger partial charge in [0.15, 0.2) is 0 Å². The van der Waals surface area contributed by atoms with Crippen molar-refractivity contribution in [1.82, 2.24) is 19.5 Å². The highest BCUT2D eigenvalue weighted by Gasteiger charge is 2.30. The molecule has 9 heteroatoms. The molecule has 0 bridgehead atoms. The van der Waals surface area contributed by atoms with E-state index < -0.39 is 17.3 Å². The summed E-state index contributed by atoms with van der Waals surface area (Å²) in [6.07, 6.45) is -1.50. The van der Waals surface area contributed by atoms with Crippen molar-refractivity contribution in [2.75, 3.05) is 0 Å². The highest BCUT2D eigenvalue weighted by atomic mass is 19.4. The molecular formula is C24H12F3N5O. The molecule has 5 aromatic rings. The maximum atomic E-state index is 13.3. The van der Waals surface area contributed by atoms with Gasteiger partial charge in [-0.05, 0) is 48.5 Å². The van der Waals surface area contributed by atoms with Gasteiger partial charge in [-0.15, -0.1) is 0 Å². The fourth-order valence-corrected chi connectivity index (χ4v) is 3.62. The Morgan fingerprint density at radius 3 is 2.52 bits per heavy atom. The highest BCUT2D eigenvalue weighted by Crippen LogP contribution is 2.31. The van der Waals surface area contributed by atoms with Crippen LogP contribution < -0.4 is 5.56 Å². The predicted molar refractivity (Wildman–Crippen MR) is 116 cm³/mol. The number of nitrogens with zero attached hydrogens (tertiary/aromatic N) is 5. The molecule has 0 aliphatic carbocycles. The van der Waals surface area contributed by atoms with Gasteiger partial charge in [0.2, 0.25) is 0 Å². The van der Waals surface area contributed by atoms with Crippen molar-refractivity contribution in [1.29, 1.82) is 5.26 Å². The Labute approximate surface area is 184 Å². The van der Waals surface area contributed by atoms with E-state index in [1.165, 1.54) is 29.0 Å². The summed E-state index contributed by atoms with van der Waals surface area (Å²) < 4.78 is 41.1. The second-order valence-electron chi connectivity index (χ2n) is 7.23. The van der Waals surface area contributed by atoms with E-state index in [-0.39, 0.29) is 11.4 Å². The molecule has 4 aromatic heterocycles. The van der Waals surface area contributed by atoms with Gasteiger partial charge >= 0.3 is 6.18 Å². The molecule has 0 atom stereocenters. The van der Waals surface area contributed by atoms with E-state index >= 15 is 0 Å². The summed E-state index contributed by atoms with van der Waals surface area (Å²) in [5.41, 5.74) is 1.28. The Morgan fingerprint density at radius 2 is 1.79 bits per heavy atom. The van der Waals surface area contributed by atoms with Crippen LogP contribution in [-0.4, -0.2) is 19.5 Å². The molecule has 0 fully saturated rings. The average Bonchev–Trinajstić information content (AvgIpc) is 2.83. The summed E-state index contributed by atoms with van der Waals surface area (Å²) >= 11 is 0. The maximum Gasteiger partial charge on any atom is 0.416 e. The topological polar surface area (TPSA) is 84.5 Å². The summed E-state index contributed by atoms with van der Waals surface area (Å²) in [6.45, 7) is 0. The van der Waals surface area contributed by atoms with Crippen molar-refractivity contribution in [3.8, 4) is 23.0 Å². The number of pyridine rings is 4. The summed E-state index contributed by atoms with van der Waals surface area (Å²) in [5.74, 6) is 0. The fraction of sp³-hybridized carbons (Fsp3) is 0.0417. The van der Waals surface area contributed by atoms with Crippen LogP contribution in [0.2, 0.25) is 0 Å². The standard InChI is InChI=1S/C24H12F3N5O/c25-24(26,27)16-2-1-3-18(10-16)32-21(33)9-5-15-13-30-20-8-7-19(31-22(20)23(15)32)14-4-6-17(11-28)29-12-14/h1-10,12-13H. The predicted octanol–water partition coefficient (Wildman–Crippen LogP) is 4.89. The van der Waals surface area contributed by atoms with Crippen LogP contribution in [0.3, 0.4) is 0 Å². The molecule has 0 spiro atoms. The molecule has 0 saturated heterocycles. The van der Waals surface area contributed by atoms with Gasteiger partial charge in [-0.25, -0.2) is 9.97 Å². The van der Waals surface area contributed by atoms with Gasteiger partial charge in [-0.1, -0.05) is 6.07 Å². The number of nitriles is 1. The van der Waals surface area contributed by atoms with Gasteiger partial charge < -0.3 is 0 Å². The molecule has 0 aliphatic rings. The first-order valence-corrected chi connectivity index (χ1v) is 9.71. The minimum Gasteiger partial charge on any atom is -0.275 e. The van der Waals surface area contributed by atoms with Crippen LogP contribution in [0.5, 0.6) is 0 Å². The maximum absolute atomic E-state index is 13.3. The number of halogens is 3. The molecule has 0 saturated carbocycles. The van der Waals surface area contributed by atoms with Crippen molar-refractivity contribution < 1.29 is 13.2 Å². The van der Waals surface area contributed by atoms with Gasteiger partial charge in [0.25, 0.3) is 5.56 Å². The van der Waals surface area contributed by atoms with E-state index in [4.69, 9.17) is 5.26 Å². The van der Waals surface area contributed by atoms with Crippen LogP contribution in [0, 0.1) is 11.3 Å². The molecule has 33 heavy (non-hydrogen) atoms. The number of hydrogen-bond acceptors (Lipinski definition) is 5. The summed E-state index contributed by atoms with van der Waals surface area (Å²) in [7, 11) is 0. The highest BCUT2D eigenvalue weighted by molar-refractivity contribution is 6.02. The molecule has 0 unspecified atom stereocenters. The van der Waals surface area contributed by atoms with Crippen molar-refractivity contribution in [2.24, 2.45) is 0 Å². The Morgan fingerprint density at radius 1 is 0.939 bits per heavy atom. The minimum atomic E-state index is -4.55. The number of benzene rings is 1. The van der Waals surface area contributed by atoms with E-state index in [9.17, 15) is 18.0 Å². The molecule has 6 nitrogen and oxygen atoms in total. The van der Waals surface area contributed by atoms with Crippen LogP contribution in [0.15, 0.2) is 77.9 Å². The van der Waals surface area contributed by atoms with Gasteiger partial charge in [0.05, 0.1) is 22.3 Å². The van der Waals surface area contributed by atoms with Crippen LogP contribution >= 0.6 is 0 Å². The fourth-order valence-electron chi connectivity index (χ4n) is 3.62. The first-order valence-electron chi connectivity index (χ1n) is 9.71. The SMILES string of the molecule is N#Cc1ccc(-c2ccc3ncc4ccc(=O)n(-c5cccc(C(F)(F)F)c5)c4c3n2)cn1. The Bertz CT molecular complexity index is 1630. The Hall–Kier alpha value is -4.58. The Balaban J connectivity index is 1.81. The lowest BCUT2D eigenvalue weighted by Gasteiger charge is -2.14. The second-order valence-corrected chi connectivity index (χ2v) is 7.23. The molecule has 5 rings (SSSR count). The first-order chi connectivity index (χ1) is 15.8. The first kappa shape index (κ1) is 20.3. The van der Waals surface area contributed by atoms with Crippen LogP contribution in [0.1, 0.15) is 11.3 Å². The van der Waals surface area contributed by atoms with Gasteiger partial charge in [-0.3, -0.25) is 14.3 Å². The van der Waals surface area contributed by atoms with E-state index in [1.807, 2.05) is 6.07 Å². The third-order valence-electron chi connectivity index (χ3n) is 5.17. The largest absolute Gasteiger partial charge is 0.416 e. The van der Waals surface area contributed by atoms with E-state index in [0.717, 1.165) is 12.1 Å². The average molecular weight is 443 g/mol. The van der Waals surface area contributed by atoms with Crippen molar-refractivity contribution in [3.05, 3.63) is 94.7 Å². The monoisotopic (exact) mass is 443 g/mol. The zero-order valence-electron chi connectivity index (χ0n) is 16.7. The number of alkyl halides is 3. The molecule has 1 aromatic carbocycles. The number of fused-ring (bicyclic) bond motifs is 3. The van der Waals surface area contributed by atoms with E-state index in [2.05, 4.69) is 15.0 Å². The smallest absolute Gasteiger partial charge is 0.275 e. The van der Waals surface area contributed by atoms with Crippen LogP contribution in [-0.2, 0) is 6.18 Å². The lowest BCUT2D eigenvalue weighted by Crippen LogP contribution is -2.18. The molecule has 4 heterocycles. The van der Waals surface area contributed by atoms with E-state index in [0.29, 0.717) is 33.2 Å². The van der Waals surface area contributed by atoms with Gasteiger partial charge in [-0.2, -0.15) is 18.4 Å². The quantitative estimate of drug-likeness (QED) is 0.363. The van der Waals surface area contributed by atoms with Crippen molar-refractivity contribution in [3.63, 3.8) is 0 Å². The minimum absolute atomic E-state index is 0.0696. The van der Waals surface area contributed by atoms with Crippen molar-refractivity contribution in [2.45, 2.75) is 6.18 Å². The van der Waals surface area contributed by atoms with Crippen LogP contribution in [0.25, 0.3) is 38.9 Å². The summed E-state index contributed by atoms with van der Waals surface area (Å²) in [4.78, 5) is 25.9. The van der Waals surface area contributed by atoms with Gasteiger partial charge in [0.1, 0.15) is 17.3 Å². The molecule has 160 valence electrons. The third kappa shape index (κ3) is 3.57. The molecule has 0 radical (unpaired) electrons. The molecule has 0 amide bonds. The summed E-state index contributed by atoms with van der Waals surface area (Å²) in [5, 5.41) is 9.50. The number of rotatable bonds is 2.